The SMILES string of the molecule is CCOC(=O)C(F)(F)[C@@H](N)c1c(F)cc(Cl)cc1F.Cl. The second kappa shape index (κ2) is 7.10. The van der Waals surface area contributed by atoms with Gasteiger partial charge in [-0.15, -0.1) is 12.4 Å². The molecule has 0 saturated carbocycles. The molecule has 0 heterocycles. The van der Waals surface area contributed by atoms with Crippen LogP contribution in [0.3, 0.4) is 0 Å². The van der Waals surface area contributed by atoms with Crippen LogP contribution in [0.5, 0.6) is 0 Å². The molecule has 2 N–H and O–H groups in total. The topological polar surface area (TPSA) is 52.3 Å². The van der Waals surface area contributed by atoms with E-state index in [1.165, 1.54) is 6.92 Å². The number of esters is 1. The summed E-state index contributed by atoms with van der Waals surface area (Å²) in [6, 6.07) is -1.26. The van der Waals surface area contributed by atoms with Gasteiger partial charge in [0.15, 0.2) is 0 Å². The fourth-order valence-electron chi connectivity index (χ4n) is 1.39. The third kappa shape index (κ3) is 3.74. The van der Waals surface area contributed by atoms with E-state index in [-0.39, 0.29) is 24.0 Å². The van der Waals surface area contributed by atoms with Crippen molar-refractivity contribution in [3.8, 4) is 0 Å². The molecule has 0 unspecified atom stereocenters. The number of hydrogen-bond donors (Lipinski definition) is 1. The number of ether oxygens (including phenoxy) is 1. The van der Waals surface area contributed by atoms with E-state index in [9.17, 15) is 22.4 Å². The van der Waals surface area contributed by atoms with Crippen LogP contribution in [0.1, 0.15) is 18.5 Å². The van der Waals surface area contributed by atoms with Gasteiger partial charge in [-0.25, -0.2) is 13.6 Å². The van der Waals surface area contributed by atoms with E-state index in [0.29, 0.717) is 12.1 Å². The van der Waals surface area contributed by atoms with Crippen molar-refractivity contribution >= 4 is 30.0 Å². The molecule has 0 aliphatic heterocycles. The van der Waals surface area contributed by atoms with Gasteiger partial charge in [0.2, 0.25) is 0 Å². The van der Waals surface area contributed by atoms with Gasteiger partial charge in [0.25, 0.3) is 0 Å². The number of rotatable bonds is 4. The van der Waals surface area contributed by atoms with Crippen molar-refractivity contribution in [1.82, 2.24) is 0 Å². The van der Waals surface area contributed by atoms with E-state index in [1.807, 2.05) is 0 Å². The first kappa shape index (κ1) is 18.9. The van der Waals surface area contributed by atoms with Crippen LogP contribution in [0, 0.1) is 11.6 Å². The molecular weight excluding hydrogens is 325 g/mol. The van der Waals surface area contributed by atoms with Crippen LogP contribution in [0.2, 0.25) is 5.02 Å². The van der Waals surface area contributed by atoms with E-state index < -0.39 is 35.1 Å². The second-order valence-corrected chi connectivity index (χ2v) is 4.04. The largest absolute Gasteiger partial charge is 0.462 e. The summed E-state index contributed by atoms with van der Waals surface area (Å²) in [4.78, 5) is 11.0. The molecule has 114 valence electrons. The van der Waals surface area contributed by atoms with Crippen LogP contribution in [-0.4, -0.2) is 18.5 Å². The van der Waals surface area contributed by atoms with E-state index >= 15 is 0 Å². The minimum atomic E-state index is -4.26. The minimum Gasteiger partial charge on any atom is -0.462 e. The Balaban J connectivity index is 0.00000361. The maximum absolute atomic E-state index is 13.6. The Morgan fingerprint density at radius 1 is 1.40 bits per heavy atom. The zero-order valence-corrected chi connectivity index (χ0v) is 11.7. The first-order chi connectivity index (χ1) is 8.71. The summed E-state index contributed by atoms with van der Waals surface area (Å²) in [5.41, 5.74) is 3.96. The lowest BCUT2D eigenvalue weighted by Crippen LogP contribution is -2.42. The van der Waals surface area contributed by atoms with Crippen LogP contribution >= 0.6 is 24.0 Å². The first-order valence-corrected chi connectivity index (χ1v) is 5.54. The lowest BCUT2D eigenvalue weighted by atomic mass is 10.00. The Kier molecular flexibility index (Phi) is 6.73. The highest BCUT2D eigenvalue weighted by molar-refractivity contribution is 6.30. The zero-order chi connectivity index (χ0) is 14.8. The summed E-state index contributed by atoms with van der Waals surface area (Å²) in [7, 11) is 0. The van der Waals surface area contributed by atoms with Crippen LogP contribution in [0.4, 0.5) is 17.6 Å². The molecule has 0 amide bonds. The van der Waals surface area contributed by atoms with E-state index in [4.69, 9.17) is 17.3 Å². The third-order valence-electron chi connectivity index (χ3n) is 2.29. The molecule has 0 aromatic heterocycles. The molecule has 1 aromatic carbocycles. The molecule has 9 heteroatoms. The molecule has 1 aromatic rings. The summed E-state index contributed by atoms with van der Waals surface area (Å²) in [5, 5.41) is -0.314. The van der Waals surface area contributed by atoms with Crippen molar-refractivity contribution in [1.29, 1.82) is 0 Å². The maximum Gasteiger partial charge on any atom is 0.379 e. The van der Waals surface area contributed by atoms with Crippen molar-refractivity contribution < 1.29 is 27.1 Å². The molecule has 0 spiro atoms. The zero-order valence-electron chi connectivity index (χ0n) is 10.1. The standard InChI is InChI=1S/C11H10ClF4NO2.ClH/c1-2-19-10(18)11(15,16)9(17)8-6(13)3-5(12)4-7(8)14;/h3-4,9H,2,17H2,1H3;1H/t9-;/m0./s1. The predicted octanol–water partition coefficient (Wildman–Crippen LogP) is 3.24. The first-order valence-electron chi connectivity index (χ1n) is 5.16. The summed E-state index contributed by atoms with van der Waals surface area (Å²) >= 11 is 5.35. The molecule has 0 aliphatic carbocycles. The maximum atomic E-state index is 13.6. The molecule has 0 saturated heterocycles. The Labute approximate surface area is 123 Å². The number of nitrogens with two attached hydrogens (primary N) is 1. The Bertz CT molecular complexity index is 476. The molecular formula is C11H11Cl2F4NO2. The molecule has 0 fully saturated rings. The highest BCUT2D eigenvalue weighted by Crippen LogP contribution is 2.34. The van der Waals surface area contributed by atoms with Crippen LogP contribution < -0.4 is 5.73 Å². The van der Waals surface area contributed by atoms with Gasteiger partial charge < -0.3 is 10.5 Å². The summed E-state index contributed by atoms with van der Waals surface area (Å²) in [6.45, 7) is 0.996. The molecule has 0 radical (unpaired) electrons. The molecule has 0 aliphatic rings. The number of benzene rings is 1. The molecule has 0 bridgehead atoms. The van der Waals surface area contributed by atoms with Crippen molar-refractivity contribution in [2.75, 3.05) is 6.61 Å². The Hall–Kier alpha value is -1.05. The normalized spacial score (nSPS) is 12.6. The van der Waals surface area contributed by atoms with Crippen molar-refractivity contribution in [2.24, 2.45) is 5.73 Å². The van der Waals surface area contributed by atoms with Crippen LogP contribution in [0.25, 0.3) is 0 Å². The number of alkyl halides is 2. The number of hydrogen-bond acceptors (Lipinski definition) is 3. The fraction of sp³-hybridized carbons (Fsp3) is 0.364. The van der Waals surface area contributed by atoms with Gasteiger partial charge in [-0.2, -0.15) is 8.78 Å². The smallest absolute Gasteiger partial charge is 0.379 e. The quantitative estimate of drug-likeness (QED) is 0.678. The monoisotopic (exact) mass is 335 g/mol. The number of halogens is 6. The second-order valence-electron chi connectivity index (χ2n) is 3.60. The average molecular weight is 336 g/mol. The van der Waals surface area contributed by atoms with Crippen LogP contribution in [-0.2, 0) is 9.53 Å². The highest BCUT2D eigenvalue weighted by Gasteiger charge is 2.49. The van der Waals surface area contributed by atoms with Gasteiger partial charge in [0.05, 0.1) is 6.61 Å². The lowest BCUT2D eigenvalue weighted by Gasteiger charge is -2.22. The lowest BCUT2D eigenvalue weighted by molar-refractivity contribution is -0.175. The Morgan fingerprint density at radius 3 is 2.25 bits per heavy atom. The van der Waals surface area contributed by atoms with Gasteiger partial charge in [0.1, 0.15) is 17.7 Å². The molecule has 1 rings (SSSR count). The number of carbonyl (C=O) groups excluding carboxylic acids is 1. The molecule has 20 heavy (non-hydrogen) atoms. The predicted molar refractivity (Wildman–Crippen MR) is 67.1 cm³/mol. The van der Waals surface area contributed by atoms with Gasteiger partial charge in [0, 0.05) is 10.6 Å². The summed E-state index contributed by atoms with van der Waals surface area (Å²) in [6.07, 6.45) is 0. The highest BCUT2D eigenvalue weighted by atomic mass is 35.5. The molecule has 3 nitrogen and oxygen atoms in total. The van der Waals surface area contributed by atoms with Gasteiger partial charge in [-0.1, -0.05) is 11.6 Å². The third-order valence-corrected chi connectivity index (χ3v) is 2.51. The van der Waals surface area contributed by atoms with Gasteiger partial charge >= 0.3 is 11.9 Å². The van der Waals surface area contributed by atoms with E-state index in [0.717, 1.165) is 0 Å². The van der Waals surface area contributed by atoms with Crippen molar-refractivity contribution in [2.45, 2.75) is 18.9 Å². The van der Waals surface area contributed by atoms with Gasteiger partial charge in [-0.3, -0.25) is 0 Å². The van der Waals surface area contributed by atoms with Gasteiger partial charge in [-0.05, 0) is 19.1 Å². The Morgan fingerprint density at radius 2 is 1.85 bits per heavy atom. The summed E-state index contributed by atoms with van der Waals surface area (Å²) in [5.74, 6) is -8.93. The average Bonchev–Trinajstić information content (AvgIpc) is 2.27. The number of carbonyl (C=O) groups is 1. The minimum absolute atomic E-state index is 0. The van der Waals surface area contributed by atoms with E-state index in [2.05, 4.69) is 4.74 Å². The summed E-state index contributed by atoms with van der Waals surface area (Å²) < 4.78 is 58.2. The van der Waals surface area contributed by atoms with Crippen molar-refractivity contribution in [3.63, 3.8) is 0 Å². The van der Waals surface area contributed by atoms with Crippen molar-refractivity contribution in [3.05, 3.63) is 34.4 Å². The molecule has 1 atom stereocenters. The van der Waals surface area contributed by atoms with Crippen LogP contribution in [0.15, 0.2) is 12.1 Å². The van der Waals surface area contributed by atoms with E-state index in [1.54, 1.807) is 0 Å². The fourth-order valence-corrected chi connectivity index (χ4v) is 1.58.